The Balaban J connectivity index is 1.85. The van der Waals surface area contributed by atoms with Crippen LogP contribution in [0.5, 0.6) is 0 Å². The summed E-state index contributed by atoms with van der Waals surface area (Å²) >= 11 is 1.59. The first-order chi connectivity index (χ1) is 8.75. The molecule has 1 heterocycles. The summed E-state index contributed by atoms with van der Waals surface area (Å²) in [6.07, 6.45) is 1.67. The molecular formula is C13H12N2O2S. The Morgan fingerprint density at radius 2 is 2.11 bits per heavy atom. The van der Waals surface area contributed by atoms with E-state index in [1.54, 1.807) is 41.8 Å². The van der Waals surface area contributed by atoms with E-state index in [0.29, 0.717) is 12.2 Å². The number of hydrogen-bond donors (Lipinski definition) is 1. The van der Waals surface area contributed by atoms with Gasteiger partial charge in [-0.3, -0.25) is 4.79 Å². The number of rotatable bonds is 5. The fourth-order valence-corrected chi connectivity index (χ4v) is 1.91. The lowest BCUT2D eigenvalue weighted by Crippen LogP contribution is -2.10. The second-order valence-corrected chi connectivity index (χ2v) is 4.56. The Kier molecular flexibility index (Phi) is 4.09. The molecule has 0 fully saturated rings. The highest BCUT2D eigenvalue weighted by atomic mass is 32.1. The highest BCUT2D eigenvalue weighted by molar-refractivity contribution is 7.11. The molecule has 18 heavy (non-hydrogen) atoms. The quantitative estimate of drug-likeness (QED) is 0.662. The molecule has 1 aromatic heterocycles. The van der Waals surface area contributed by atoms with Gasteiger partial charge in [-0.25, -0.2) is 0 Å². The van der Waals surface area contributed by atoms with Gasteiger partial charge < -0.3 is 10.6 Å². The lowest BCUT2D eigenvalue weighted by atomic mass is 10.1. The number of amides is 1. The fraction of sp³-hybridized carbons (Fsp3) is 0.0769. The predicted octanol–water partition coefficient (Wildman–Crippen LogP) is 2.40. The second kappa shape index (κ2) is 5.97. The first kappa shape index (κ1) is 12.3. The van der Waals surface area contributed by atoms with Crippen molar-refractivity contribution in [2.75, 3.05) is 0 Å². The van der Waals surface area contributed by atoms with E-state index in [0.717, 1.165) is 10.4 Å². The molecule has 92 valence electrons. The van der Waals surface area contributed by atoms with Crippen LogP contribution in [0.3, 0.4) is 0 Å². The summed E-state index contributed by atoms with van der Waals surface area (Å²) in [5.41, 5.74) is 6.57. The number of carbonyl (C=O) groups is 1. The minimum atomic E-state index is -0.432. The van der Waals surface area contributed by atoms with Gasteiger partial charge in [0.2, 0.25) is 5.91 Å². The van der Waals surface area contributed by atoms with Gasteiger partial charge in [0.15, 0.2) is 0 Å². The zero-order valence-electron chi connectivity index (χ0n) is 9.58. The lowest BCUT2D eigenvalue weighted by Gasteiger charge is -2.00. The zero-order chi connectivity index (χ0) is 12.8. The van der Waals surface area contributed by atoms with E-state index in [9.17, 15) is 4.79 Å². The topological polar surface area (TPSA) is 64.7 Å². The Bertz CT molecular complexity index is 533. The largest absolute Gasteiger partial charge is 0.391 e. The van der Waals surface area contributed by atoms with Crippen LogP contribution in [0, 0.1) is 0 Å². The van der Waals surface area contributed by atoms with E-state index in [2.05, 4.69) is 5.16 Å². The van der Waals surface area contributed by atoms with Gasteiger partial charge in [0.05, 0.1) is 6.21 Å². The molecule has 0 aliphatic carbocycles. The minimum absolute atomic E-state index is 0.362. The van der Waals surface area contributed by atoms with Crippen molar-refractivity contribution < 1.29 is 9.63 Å². The Hall–Kier alpha value is -2.14. The Morgan fingerprint density at radius 1 is 1.33 bits per heavy atom. The molecule has 0 aliphatic heterocycles. The number of thiophene rings is 1. The Morgan fingerprint density at radius 3 is 2.72 bits per heavy atom. The van der Waals surface area contributed by atoms with Crippen LogP contribution in [0.4, 0.5) is 0 Å². The zero-order valence-corrected chi connectivity index (χ0v) is 10.4. The molecule has 0 spiro atoms. The van der Waals surface area contributed by atoms with Crippen LogP contribution in [-0.4, -0.2) is 12.1 Å². The average molecular weight is 260 g/mol. The van der Waals surface area contributed by atoms with E-state index >= 15 is 0 Å². The maximum absolute atomic E-state index is 10.9. The van der Waals surface area contributed by atoms with Crippen molar-refractivity contribution in [2.24, 2.45) is 10.9 Å². The molecule has 0 saturated carbocycles. The summed E-state index contributed by atoms with van der Waals surface area (Å²) in [7, 11) is 0. The second-order valence-electron chi connectivity index (χ2n) is 3.58. The van der Waals surface area contributed by atoms with E-state index in [1.165, 1.54) is 0 Å². The molecule has 0 radical (unpaired) electrons. The number of nitrogens with zero attached hydrogens (tertiary/aromatic N) is 1. The molecule has 0 aliphatic rings. The molecule has 2 rings (SSSR count). The third-order valence-corrected chi connectivity index (χ3v) is 3.07. The number of benzene rings is 1. The van der Waals surface area contributed by atoms with Crippen molar-refractivity contribution in [1.29, 1.82) is 0 Å². The summed E-state index contributed by atoms with van der Waals surface area (Å²) < 4.78 is 0. The van der Waals surface area contributed by atoms with Gasteiger partial charge in [-0.05, 0) is 29.1 Å². The number of hydrogen-bond acceptors (Lipinski definition) is 4. The van der Waals surface area contributed by atoms with E-state index in [4.69, 9.17) is 10.6 Å². The summed E-state index contributed by atoms with van der Waals surface area (Å²) in [6.45, 7) is 0.362. The van der Waals surface area contributed by atoms with Crippen LogP contribution in [0.25, 0.3) is 0 Å². The smallest absolute Gasteiger partial charge is 0.248 e. The van der Waals surface area contributed by atoms with Crippen LogP contribution in [-0.2, 0) is 11.4 Å². The Labute approximate surface area is 109 Å². The van der Waals surface area contributed by atoms with Crippen molar-refractivity contribution in [2.45, 2.75) is 6.61 Å². The molecule has 1 aromatic carbocycles. The number of nitrogens with two attached hydrogens (primary N) is 1. The van der Waals surface area contributed by atoms with Crippen LogP contribution in [0.15, 0.2) is 46.9 Å². The van der Waals surface area contributed by atoms with Crippen LogP contribution in [0.1, 0.15) is 20.8 Å². The highest BCUT2D eigenvalue weighted by Gasteiger charge is 1.99. The summed E-state index contributed by atoms with van der Waals surface area (Å²) in [5, 5.41) is 5.84. The van der Waals surface area contributed by atoms with Gasteiger partial charge in [0.1, 0.15) is 6.61 Å². The molecule has 2 aromatic rings. The van der Waals surface area contributed by atoms with E-state index in [1.807, 2.05) is 17.5 Å². The van der Waals surface area contributed by atoms with Crippen molar-refractivity contribution in [3.63, 3.8) is 0 Å². The first-order valence-corrected chi connectivity index (χ1v) is 6.21. The van der Waals surface area contributed by atoms with Crippen molar-refractivity contribution in [3.8, 4) is 0 Å². The van der Waals surface area contributed by atoms with Gasteiger partial charge in [0.25, 0.3) is 0 Å². The van der Waals surface area contributed by atoms with Gasteiger partial charge in [-0.15, -0.1) is 11.3 Å². The average Bonchev–Trinajstić information content (AvgIpc) is 2.88. The molecule has 0 bridgehead atoms. The van der Waals surface area contributed by atoms with Gasteiger partial charge in [0, 0.05) is 10.4 Å². The van der Waals surface area contributed by atoms with Crippen LogP contribution < -0.4 is 5.73 Å². The molecule has 0 saturated heterocycles. The summed E-state index contributed by atoms with van der Waals surface area (Å²) in [4.78, 5) is 17.1. The van der Waals surface area contributed by atoms with Gasteiger partial charge in [-0.2, -0.15) is 0 Å². The third-order valence-electron chi connectivity index (χ3n) is 2.27. The standard InChI is InChI=1S/C13H12N2O2S/c14-13(16)11-5-3-10(4-6-11)9-17-15-8-12-2-1-7-18-12/h1-8H,9H2,(H2,14,16)/b15-8+. The highest BCUT2D eigenvalue weighted by Crippen LogP contribution is 2.07. The third kappa shape index (κ3) is 3.43. The van der Waals surface area contributed by atoms with Crippen molar-refractivity contribution in [3.05, 3.63) is 57.8 Å². The molecule has 0 atom stereocenters. The predicted molar refractivity (Wildman–Crippen MR) is 71.7 cm³/mol. The fourth-order valence-electron chi connectivity index (χ4n) is 1.33. The van der Waals surface area contributed by atoms with E-state index < -0.39 is 5.91 Å². The van der Waals surface area contributed by atoms with Crippen LogP contribution in [0.2, 0.25) is 0 Å². The number of primary amides is 1. The molecule has 2 N–H and O–H groups in total. The molecule has 4 nitrogen and oxygen atoms in total. The number of carbonyl (C=O) groups excluding carboxylic acids is 1. The first-order valence-electron chi connectivity index (χ1n) is 5.33. The summed E-state index contributed by atoms with van der Waals surface area (Å²) in [5.74, 6) is -0.432. The lowest BCUT2D eigenvalue weighted by molar-refractivity contribution is 0.1000. The SMILES string of the molecule is NC(=O)c1ccc(CO/N=C/c2cccs2)cc1. The summed E-state index contributed by atoms with van der Waals surface area (Å²) in [6, 6.07) is 10.8. The van der Waals surface area contributed by atoms with Crippen LogP contribution >= 0.6 is 11.3 Å². The monoisotopic (exact) mass is 260 g/mol. The van der Waals surface area contributed by atoms with Crippen molar-refractivity contribution >= 4 is 23.5 Å². The molecule has 1 amide bonds. The molecule has 5 heteroatoms. The minimum Gasteiger partial charge on any atom is -0.391 e. The van der Waals surface area contributed by atoms with Crippen molar-refractivity contribution in [1.82, 2.24) is 0 Å². The normalized spacial score (nSPS) is 10.7. The van der Waals surface area contributed by atoms with Gasteiger partial charge in [-0.1, -0.05) is 23.4 Å². The maximum Gasteiger partial charge on any atom is 0.248 e. The van der Waals surface area contributed by atoms with Gasteiger partial charge >= 0.3 is 0 Å². The molecular weight excluding hydrogens is 248 g/mol. The van der Waals surface area contributed by atoms with E-state index in [-0.39, 0.29) is 0 Å². The number of oxime groups is 1. The molecule has 0 unspecified atom stereocenters. The maximum atomic E-state index is 10.9.